The van der Waals surface area contributed by atoms with Gasteiger partial charge in [0, 0.05) is 25.7 Å². The maximum absolute atomic E-state index is 12.2. The smallest absolute Gasteiger partial charge is 0.318 e. The molecule has 0 aromatic carbocycles. The van der Waals surface area contributed by atoms with Crippen LogP contribution < -0.4 is 5.32 Å². The number of hydrogen-bond donors (Lipinski definition) is 1. The largest absolute Gasteiger partial charge is 0.376 e. The normalized spacial score (nSPS) is 28.2. The molecule has 2 heterocycles. The Labute approximate surface area is 120 Å². The molecule has 0 bridgehead atoms. The lowest BCUT2D eigenvalue weighted by Gasteiger charge is -2.30. The Bertz CT molecular complexity index is 457. The summed E-state index contributed by atoms with van der Waals surface area (Å²) in [6.45, 7) is 5.12. The number of carbonyl (C=O) groups is 1. The molecule has 7 heteroatoms. The highest BCUT2D eigenvalue weighted by atomic mass is 32.2. The fourth-order valence-electron chi connectivity index (χ4n) is 2.69. The first-order valence-corrected chi connectivity index (χ1v) is 8.81. The summed E-state index contributed by atoms with van der Waals surface area (Å²) >= 11 is 0. The monoisotopic (exact) mass is 302 g/mol. The lowest BCUT2D eigenvalue weighted by Crippen LogP contribution is -2.49. The Balaban J connectivity index is 2.02. The molecule has 114 valence electrons. The van der Waals surface area contributed by atoms with Crippen molar-refractivity contribution in [3.63, 3.8) is 0 Å². The molecule has 2 aliphatic heterocycles. The first-order valence-electron chi connectivity index (χ1n) is 6.99. The first kappa shape index (κ1) is 15.3. The van der Waals surface area contributed by atoms with Gasteiger partial charge in [-0.25, -0.2) is 13.2 Å². The number of sulfone groups is 1. The van der Waals surface area contributed by atoms with Crippen LogP contribution >= 0.6 is 0 Å². The quantitative estimate of drug-likeness (QED) is 0.753. The third-order valence-corrected chi connectivity index (χ3v) is 5.48. The van der Waals surface area contributed by atoms with Crippen molar-refractivity contribution >= 4 is 15.9 Å². The van der Waals surface area contributed by atoms with Gasteiger partial charge >= 0.3 is 6.03 Å². The van der Waals surface area contributed by atoms with Crippen LogP contribution in [0.3, 0.4) is 0 Å². The predicted octanol–water partition coefficient (Wildman–Crippen LogP) is 0.550. The van der Waals surface area contributed by atoms with Crippen LogP contribution in [0.2, 0.25) is 0 Å². The summed E-state index contributed by atoms with van der Waals surface area (Å²) in [5.41, 5.74) is 0. The number of ether oxygens (including phenoxy) is 1. The van der Waals surface area contributed by atoms with Crippen molar-refractivity contribution in [2.45, 2.75) is 31.4 Å². The number of urea groups is 1. The maximum atomic E-state index is 12.2. The molecular weight excluding hydrogens is 280 g/mol. The van der Waals surface area contributed by atoms with Gasteiger partial charge in [0.15, 0.2) is 9.84 Å². The van der Waals surface area contributed by atoms with Crippen LogP contribution in [0.1, 0.15) is 19.3 Å². The lowest BCUT2D eigenvalue weighted by atomic mass is 10.2. The highest BCUT2D eigenvalue weighted by Crippen LogP contribution is 2.21. The van der Waals surface area contributed by atoms with Crippen LogP contribution in [0.25, 0.3) is 0 Å². The molecule has 0 spiro atoms. The Morgan fingerprint density at radius 3 is 2.80 bits per heavy atom. The van der Waals surface area contributed by atoms with E-state index in [0.29, 0.717) is 19.5 Å². The van der Waals surface area contributed by atoms with Gasteiger partial charge < -0.3 is 15.0 Å². The van der Waals surface area contributed by atoms with Crippen LogP contribution in [0.4, 0.5) is 4.79 Å². The number of carbonyl (C=O) groups excluding carboxylic acids is 1. The Morgan fingerprint density at radius 1 is 1.45 bits per heavy atom. The van der Waals surface area contributed by atoms with E-state index in [4.69, 9.17) is 4.74 Å². The number of amides is 2. The molecule has 2 unspecified atom stereocenters. The molecular formula is C13H22N2O4S. The van der Waals surface area contributed by atoms with E-state index in [1.165, 1.54) is 0 Å². The molecule has 0 aliphatic carbocycles. The second-order valence-corrected chi connectivity index (χ2v) is 7.55. The van der Waals surface area contributed by atoms with Crippen LogP contribution in [0.5, 0.6) is 0 Å². The van der Waals surface area contributed by atoms with Gasteiger partial charge in [0.25, 0.3) is 0 Å². The molecule has 0 saturated carbocycles. The third-order valence-electron chi connectivity index (χ3n) is 3.73. The highest BCUT2D eigenvalue weighted by Gasteiger charge is 2.36. The van der Waals surface area contributed by atoms with Crippen molar-refractivity contribution in [2.75, 3.05) is 31.2 Å². The highest BCUT2D eigenvalue weighted by molar-refractivity contribution is 7.91. The van der Waals surface area contributed by atoms with E-state index in [2.05, 4.69) is 11.9 Å². The summed E-state index contributed by atoms with van der Waals surface area (Å²) in [4.78, 5) is 13.8. The summed E-state index contributed by atoms with van der Waals surface area (Å²) in [5.74, 6) is 0.218. The second kappa shape index (κ2) is 6.58. The molecule has 20 heavy (non-hydrogen) atoms. The Kier molecular flexibility index (Phi) is 5.04. The van der Waals surface area contributed by atoms with E-state index in [1.807, 2.05) is 0 Å². The van der Waals surface area contributed by atoms with Crippen molar-refractivity contribution < 1.29 is 17.9 Å². The minimum atomic E-state index is -3.01. The van der Waals surface area contributed by atoms with Gasteiger partial charge in [-0.2, -0.15) is 0 Å². The zero-order valence-electron chi connectivity index (χ0n) is 11.6. The van der Waals surface area contributed by atoms with Crippen molar-refractivity contribution in [3.8, 4) is 0 Å². The molecule has 2 atom stereocenters. The fourth-order valence-corrected chi connectivity index (χ4v) is 4.42. The molecule has 6 nitrogen and oxygen atoms in total. The van der Waals surface area contributed by atoms with Crippen LogP contribution in [0.15, 0.2) is 12.7 Å². The summed E-state index contributed by atoms with van der Waals surface area (Å²) in [6.07, 6.45) is 4.05. The van der Waals surface area contributed by atoms with E-state index in [9.17, 15) is 13.2 Å². The number of hydrogen-bond acceptors (Lipinski definition) is 4. The van der Waals surface area contributed by atoms with E-state index in [0.717, 1.165) is 19.4 Å². The maximum Gasteiger partial charge on any atom is 0.318 e. The second-order valence-electron chi connectivity index (χ2n) is 5.32. The number of nitrogens with one attached hydrogen (secondary N) is 1. The molecule has 2 amide bonds. The predicted molar refractivity (Wildman–Crippen MR) is 76.3 cm³/mol. The average molecular weight is 302 g/mol. The number of rotatable bonds is 5. The summed E-state index contributed by atoms with van der Waals surface area (Å²) in [5, 5.41) is 2.73. The average Bonchev–Trinajstić information content (AvgIpc) is 3.02. The van der Waals surface area contributed by atoms with Crippen molar-refractivity contribution in [1.29, 1.82) is 0 Å². The van der Waals surface area contributed by atoms with Gasteiger partial charge in [-0.15, -0.1) is 6.58 Å². The van der Waals surface area contributed by atoms with Crippen molar-refractivity contribution in [2.24, 2.45) is 0 Å². The first-order chi connectivity index (χ1) is 9.52. The van der Waals surface area contributed by atoms with Gasteiger partial charge in [0.1, 0.15) is 0 Å². The minimum absolute atomic E-state index is 0.0211. The van der Waals surface area contributed by atoms with E-state index < -0.39 is 9.84 Å². The van der Waals surface area contributed by atoms with E-state index >= 15 is 0 Å². The van der Waals surface area contributed by atoms with Crippen LogP contribution in [-0.2, 0) is 14.6 Å². The van der Waals surface area contributed by atoms with Crippen molar-refractivity contribution in [3.05, 3.63) is 12.7 Å². The standard InChI is InChI=1S/C13H22N2O4S/c1-2-6-14-13(16)15(9-12-4-3-7-19-12)11-5-8-20(17,18)10-11/h2,11-12H,1,3-10H2,(H,14,16). The van der Waals surface area contributed by atoms with Gasteiger partial charge in [-0.3, -0.25) is 0 Å². The zero-order chi connectivity index (χ0) is 14.6. The van der Waals surface area contributed by atoms with E-state index in [1.54, 1.807) is 11.0 Å². The SMILES string of the molecule is C=CCNC(=O)N(CC1CCCO1)C1CCS(=O)(=O)C1. The summed E-state index contributed by atoms with van der Waals surface area (Å²) < 4.78 is 28.8. The molecule has 0 aromatic heterocycles. The fraction of sp³-hybridized carbons (Fsp3) is 0.769. The minimum Gasteiger partial charge on any atom is -0.376 e. The molecule has 0 radical (unpaired) electrons. The van der Waals surface area contributed by atoms with Gasteiger partial charge in [0.05, 0.1) is 17.6 Å². The molecule has 2 fully saturated rings. The topological polar surface area (TPSA) is 75.7 Å². The summed E-state index contributed by atoms with van der Waals surface area (Å²) in [7, 11) is -3.01. The van der Waals surface area contributed by atoms with Gasteiger partial charge in [-0.1, -0.05) is 6.08 Å². The van der Waals surface area contributed by atoms with Crippen LogP contribution in [0, 0.1) is 0 Å². The lowest BCUT2D eigenvalue weighted by molar-refractivity contribution is 0.0724. The Hall–Kier alpha value is -1.08. The van der Waals surface area contributed by atoms with E-state index in [-0.39, 0.29) is 29.7 Å². The molecule has 1 N–H and O–H groups in total. The molecule has 0 aromatic rings. The van der Waals surface area contributed by atoms with Crippen LogP contribution in [-0.4, -0.2) is 62.7 Å². The molecule has 2 rings (SSSR count). The van der Waals surface area contributed by atoms with Crippen molar-refractivity contribution in [1.82, 2.24) is 10.2 Å². The van der Waals surface area contributed by atoms with Gasteiger partial charge in [-0.05, 0) is 19.3 Å². The molecule has 2 saturated heterocycles. The Morgan fingerprint density at radius 2 is 2.25 bits per heavy atom. The van der Waals surface area contributed by atoms with Gasteiger partial charge in [0.2, 0.25) is 0 Å². The zero-order valence-corrected chi connectivity index (χ0v) is 12.4. The third kappa shape index (κ3) is 3.96. The number of nitrogens with zero attached hydrogens (tertiary/aromatic N) is 1. The summed E-state index contributed by atoms with van der Waals surface area (Å²) in [6, 6.07) is -0.475. The molecule has 2 aliphatic rings.